The van der Waals surface area contributed by atoms with Crippen molar-refractivity contribution in [3.8, 4) is 0 Å². The van der Waals surface area contributed by atoms with Crippen molar-refractivity contribution in [2.75, 3.05) is 5.32 Å². The highest BCUT2D eigenvalue weighted by molar-refractivity contribution is 6.33. The summed E-state index contributed by atoms with van der Waals surface area (Å²) in [4.78, 5) is 22.5. The van der Waals surface area contributed by atoms with E-state index in [1.54, 1.807) is 0 Å². The smallest absolute Gasteiger partial charge is 0.332 e. The van der Waals surface area contributed by atoms with E-state index in [0.29, 0.717) is 6.42 Å². The van der Waals surface area contributed by atoms with Crippen molar-refractivity contribution in [2.45, 2.75) is 25.0 Å². The molecule has 1 amide bonds. The van der Waals surface area contributed by atoms with Gasteiger partial charge >= 0.3 is 5.97 Å². The number of amides is 1. The van der Waals surface area contributed by atoms with Crippen LogP contribution in [0.1, 0.15) is 12.8 Å². The van der Waals surface area contributed by atoms with Crippen LogP contribution >= 0.6 is 11.6 Å². The number of halogens is 2. The molecule has 2 N–H and O–H groups in total. The Labute approximate surface area is 113 Å². The number of ether oxygens (including phenoxy) is 1. The lowest BCUT2D eigenvalue weighted by atomic mass is 10.2. The third-order valence-corrected chi connectivity index (χ3v) is 3.09. The molecule has 1 fully saturated rings. The van der Waals surface area contributed by atoms with E-state index >= 15 is 0 Å². The van der Waals surface area contributed by atoms with Crippen molar-refractivity contribution < 1.29 is 23.8 Å². The van der Waals surface area contributed by atoms with E-state index in [1.165, 1.54) is 6.07 Å². The van der Waals surface area contributed by atoms with Crippen molar-refractivity contribution in [1.82, 2.24) is 0 Å². The van der Waals surface area contributed by atoms with Gasteiger partial charge < -0.3 is 15.2 Å². The van der Waals surface area contributed by atoms with E-state index in [1.807, 2.05) is 0 Å². The maximum absolute atomic E-state index is 12.8. The molecule has 1 aliphatic heterocycles. The number of hydrogen-bond acceptors (Lipinski definition) is 3. The SMILES string of the molecule is O=C(O)C1CCC(C(=O)Nc2ccc(F)cc2Cl)O1. The summed E-state index contributed by atoms with van der Waals surface area (Å²) in [7, 11) is 0. The zero-order chi connectivity index (χ0) is 14.0. The Bertz CT molecular complexity index is 522. The van der Waals surface area contributed by atoms with Crippen LogP contribution in [0.15, 0.2) is 18.2 Å². The van der Waals surface area contributed by atoms with Gasteiger partial charge in [0.05, 0.1) is 10.7 Å². The van der Waals surface area contributed by atoms with Gasteiger partial charge in [0.15, 0.2) is 6.10 Å². The zero-order valence-corrected chi connectivity index (χ0v) is 10.5. The second-order valence-corrected chi connectivity index (χ2v) is 4.55. The van der Waals surface area contributed by atoms with Crippen LogP contribution in [0, 0.1) is 5.82 Å². The van der Waals surface area contributed by atoms with E-state index in [4.69, 9.17) is 21.4 Å². The van der Waals surface area contributed by atoms with Gasteiger partial charge in [-0.25, -0.2) is 9.18 Å². The molecule has 0 aliphatic carbocycles. The Morgan fingerprint density at radius 3 is 2.63 bits per heavy atom. The number of nitrogens with one attached hydrogen (secondary N) is 1. The minimum absolute atomic E-state index is 0.0705. The zero-order valence-electron chi connectivity index (χ0n) is 9.73. The maximum Gasteiger partial charge on any atom is 0.332 e. The Hall–Kier alpha value is -1.66. The molecule has 1 aromatic rings. The topological polar surface area (TPSA) is 75.6 Å². The van der Waals surface area contributed by atoms with Gasteiger partial charge in [0.25, 0.3) is 5.91 Å². The van der Waals surface area contributed by atoms with Gasteiger partial charge in [0.2, 0.25) is 0 Å². The molecule has 0 saturated carbocycles. The quantitative estimate of drug-likeness (QED) is 0.892. The van der Waals surface area contributed by atoms with Crippen LogP contribution < -0.4 is 5.32 Å². The van der Waals surface area contributed by atoms with Crippen molar-refractivity contribution in [3.63, 3.8) is 0 Å². The number of carbonyl (C=O) groups excluding carboxylic acids is 1. The summed E-state index contributed by atoms with van der Waals surface area (Å²) in [6, 6.07) is 3.57. The van der Waals surface area contributed by atoms with Crippen LogP contribution in [0.3, 0.4) is 0 Å². The summed E-state index contributed by atoms with van der Waals surface area (Å²) in [5.41, 5.74) is 0.260. The first-order valence-electron chi connectivity index (χ1n) is 5.61. The predicted octanol–water partition coefficient (Wildman–Crippen LogP) is 2.05. The predicted molar refractivity (Wildman–Crippen MR) is 65.6 cm³/mol. The normalized spacial score (nSPS) is 22.2. The highest BCUT2D eigenvalue weighted by atomic mass is 35.5. The largest absolute Gasteiger partial charge is 0.479 e. The summed E-state index contributed by atoms with van der Waals surface area (Å²) in [6.45, 7) is 0. The van der Waals surface area contributed by atoms with E-state index in [0.717, 1.165) is 12.1 Å². The summed E-state index contributed by atoms with van der Waals surface area (Å²) in [6.07, 6.45) is -1.19. The van der Waals surface area contributed by atoms with Crippen molar-refractivity contribution in [3.05, 3.63) is 29.0 Å². The molecule has 7 heteroatoms. The molecule has 5 nitrogen and oxygen atoms in total. The summed E-state index contributed by atoms with van der Waals surface area (Å²) in [5.74, 6) is -2.08. The van der Waals surface area contributed by atoms with Gasteiger partial charge in [-0.1, -0.05) is 11.6 Å². The highest BCUT2D eigenvalue weighted by Crippen LogP contribution is 2.25. The Morgan fingerprint density at radius 1 is 1.37 bits per heavy atom. The number of carbonyl (C=O) groups is 2. The van der Waals surface area contributed by atoms with Crippen molar-refractivity contribution >= 4 is 29.2 Å². The third kappa shape index (κ3) is 3.21. The average molecular weight is 288 g/mol. The molecule has 1 saturated heterocycles. The van der Waals surface area contributed by atoms with Crippen LogP contribution in [0.5, 0.6) is 0 Å². The molecule has 2 unspecified atom stereocenters. The fraction of sp³-hybridized carbons (Fsp3) is 0.333. The van der Waals surface area contributed by atoms with Crippen LogP contribution in [-0.4, -0.2) is 29.2 Å². The van der Waals surface area contributed by atoms with Crippen molar-refractivity contribution in [1.29, 1.82) is 0 Å². The fourth-order valence-corrected chi connectivity index (χ4v) is 2.03. The maximum atomic E-state index is 12.8. The summed E-state index contributed by atoms with van der Waals surface area (Å²) >= 11 is 5.77. The summed E-state index contributed by atoms with van der Waals surface area (Å²) in [5, 5.41) is 11.3. The second kappa shape index (κ2) is 5.54. The Kier molecular flexibility index (Phi) is 4.01. The van der Waals surface area contributed by atoms with Crippen LogP contribution in [0.25, 0.3) is 0 Å². The number of rotatable bonds is 3. The minimum Gasteiger partial charge on any atom is -0.479 e. The number of aliphatic carboxylic acids is 1. The molecule has 1 heterocycles. The number of carboxylic acids is 1. The van der Waals surface area contributed by atoms with E-state index in [2.05, 4.69) is 5.32 Å². The molecule has 0 spiro atoms. The molecule has 0 bridgehead atoms. The van der Waals surface area contributed by atoms with Gasteiger partial charge in [-0.3, -0.25) is 4.79 Å². The molecule has 1 aromatic carbocycles. The fourth-order valence-electron chi connectivity index (χ4n) is 1.82. The highest BCUT2D eigenvalue weighted by Gasteiger charge is 2.34. The molecular formula is C12H11ClFNO4. The van der Waals surface area contributed by atoms with Crippen LogP contribution in [-0.2, 0) is 14.3 Å². The first-order chi connectivity index (χ1) is 8.97. The van der Waals surface area contributed by atoms with Gasteiger partial charge in [-0.15, -0.1) is 0 Å². The molecule has 102 valence electrons. The molecule has 0 radical (unpaired) electrons. The second-order valence-electron chi connectivity index (χ2n) is 4.14. The lowest BCUT2D eigenvalue weighted by Gasteiger charge is -2.12. The molecule has 1 aliphatic rings. The van der Waals surface area contributed by atoms with Gasteiger partial charge in [0.1, 0.15) is 11.9 Å². The third-order valence-electron chi connectivity index (χ3n) is 2.78. The van der Waals surface area contributed by atoms with E-state index in [9.17, 15) is 14.0 Å². The number of hydrogen-bond donors (Lipinski definition) is 2. The van der Waals surface area contributed by atoms with Gasteiger partial charge in [-0.05, 0) is 31.0 Å². The lowest BCUT2D eigenvalue weighted by Crippen LogP contribution is -2.30. The molecule has 19 heavy (non-hydrogen) atoms. The number of anilines is 1. The first-order valence-corrected chi connectivity index (χ1v) is 5.99. The summed E-state index contributed by atoms with van der Waals surface area (Å²) < 4.78 is 17.9. The van der Waals surface area contributed by atoms with Crippen LogP contribution in [0.2, 0.25) is 5.02 Å². The van der Waals surface area contributed by atoms with E-state index < -0.39 is 29.9 Å². The van der Waals surface area contributed by atoms with Gasteiger partial charge in [-0.2, -0.15) is 0 Å². The van der Waals surface area contributed by atoms with E-state index in [-0.39, 0.29) is 17.1 Å². The standard InChI is InChI=1S/C12H11ClFNO4/c13-7-5-6(14)1-2-8(7)15-11(16)9-3-4-10(19-9)12(17)18/h1-2,5,9-10H,3-4H2,(H,15,16)(H,17,18). The van der Waals surface area contributed by atoms with Gasteiger partial charge in [0, 0.05) is 0 Å². The monoisotopic (exact) mass is 287 g/mol. The van der Waals surface area contributed by atoms with Crippen LogP contribution in [0.4, 0.5) is 10.1 Å². The molecule has 0 aromatic heterocycles. The first kappa shape index (κ1) is 13.8. The lowest BCUT2D eigenvalue weighted by molar-refractivity contribution is -0.150. The minimum atomic E-state index is -1.09. The Morgan fingerprint density at radius 2 is 2.05 bits per heavy atom. The number of carboxylic acid groups (broad SMARTS) is 1. The molecular weight excluding hydrogens is 277 g/mol. The number of benzene rings is 1. The molecule has 2 rings (SSSR count). The Balaban J connectivity index is 2.00. The van der Waals surface area contributed by atoms with Crippen molar-refractivity contribution in [2.24, 2.45) is 0 Å². The molecule has 2 atom stereocenters. The average Bonchev–Trinajstić information content (AvgIpc) is 2.82.